The summed E-state index contributed by atoms with van der Waals surface area (Å²) < 4.78 is 5.12. The SMILES string of the molecule is COc1ccc(C)c(C#CCNC(C)=O)c1. The molecule has 0 aliphatic carbocycles. The summed E-state index contributed by atoms with van der Waals surface area (Å²) in [5.74, 6) is 6.60. The van der Waals surface area contributed by atoms with Gasteiger partial charge in [-0.15, -0.1) is 0 Å². The maximum atomic E-state index is 10.6. The van der Waals surface area contributed by atoms with Gasteiger partial charge >= 0.3 is 0 Å². The second-order valence-electron chi connectivity index (χ2n) is 3.39. The van der Waals surface area contributed by atoms with Crippen LogP contribution >= 0.6 is 0 Å². The van der Waals surface area contributed by atoms with Crippen molar-refractivity contribution >= 4 is 5.91 Å². The van der Waals surface area contributed by atoms with E-state index in [2.05, 4.69) is 17.2 Å². The summed E-state index contributed by atoms with van der Waals surface area (Å²) in [5, 5.41) is 2.62. The number of aryl methyl sites for hydroxylation is 1. The van der Waals surface area contributed by atoms with Crippen LogP contribution in [0.25, 0.3) is 0 Å². The third-order valence-corrected chi connectivity index (χ3v) is 2.09. The van der Waals surface area contributed by atoms with Gasteiger partial charge in [-0.25, -0.2) is 0 Å². The highest BCUT2D eigenvalue weighted by atomic mass is 16.5. The summed E-state index contributed by atoms with van der Waals surface area (Å²) in [7, 11) is 1.62. The lowest BCUT2D eigenvalue weighted by Gasteiger charge is -2.02. The minimum atomic E-state index is -0.0725. The first-order valence-corrected chi connectivity index (χ1v) is 5.01. The molecule has 3 heteroatoms. The Kier molecular flexibility index (Phi) is 4.41. The van der Waals surface area contributed by atoms with Crippen molar-refractivity contribution in [1.82, 2.24) is 5.32 Å². The topological polar surface area (TPSA) is 38.3 Å². The number of carbonyl (C=O) groups is 1. The standard InChI is InChI=1S/C13H15NO2/c1-10-6-7-13(16-3)9-12(10)5-4-8-14-11(2)15/h6-7,9H,8H2,1-3H3,(H,14,15). The van der Waals surface area contributed by atoms with Crippen LogP contribution in [0.2, 0.25) is 0 Å². The fraction of sp³-hybridized carbons (Fsp3) is 0.308. The minimum absolute atomic E-state index is 0.0725. The van der Waals surface area contributed by atoms with Crippen molar-refractivity contribution in [2.24, 2.45) is 0 Å². The zero-order valence-electron chi connectivity index (χ0n) is 9.76. The predicted octanol–water partition coefficient (Wildman–Crippen LogP) is 1.49. The quantitative estimate of drug-likeness (QED) is 0.762. The number of hydrogen-bond acceptors (Lipinski definition) is 2. The van der Waals surface area contributed by atoms with Gasteiger partial charge in [0.25, 0.3) is 0 Å². The maximum Gasteiger partial charge on any atom is 0.217 e. The Morgan fingerprint density at radius 2 is 2.25 bits per heavy atom. The van der Waals surface area contributed by atoms with Gasteiger partial charge in [-0.3, -0.25) is 4.79 Å². The summed E-state index contributed by atoms with van der Waals surface area (Å²) in [6.07, 6.45) is 0. The van der Waals surface area contributed by atoms with Crippen LogP contribution in [0.4, 0.5) is 0 Å². The molecule has 0 aliphatic rings. The lowest BCUT2D eigenvalue weighted by molar-refractivity contribution is -0.118. The van der Waals surface area contributed by atoms with Gasteiger partial charge in [-0.1, -0.05) is 17.9 Å². The zero-order chi connectivity index (χ0) is 12.0. The number of benzene rings is 1. The molecule has 1 amide bonds. The Morgan fingerprint density at radius 1 is 1.50 bits per heavy atom. The van der Waals surface area contributed by atoms with Gasteiger partial charge in [-0.05, 0) is 24.6 Å². The predicted molar refractivity (Wildman–Crippen MR) is 63.3 cm³/mol. The Hall–Kier alpha value is -1.95. The van der Waals surface area contributed by atoms with Crippen LogP contribution in [0, 0.1) is 18.8 Å². The van der Waals surface area contributed by atoms with Crippen molar-refractivity contribution in [2.45, 2.75) is 13.8 Å². The molecule has 0 fully saturated rings. The number of carbonyl (C=O) groups excluding carboxylic acids is 1. The van der Waals surface area contributed by atoms with Crippen LogP contribution in [0.1, 0.15) is 18.1 Å². The second kappa shape index (κ2) is 5.82. The van der Waals surface area contributed by atoms with E-state index in [-0.39, 0.29) is 5.91 Å². The molecule has 0 spiro atoms. The van der Waals surface area contributed by atoms with Gasteiger partial charge in [0.1, 0.15) is 5.75 Å². The minimum Gasteiger partial charge on any atom is -0.497 e. The molecule has 16 heavy (non-hydrogen) atoms. The molecule has 84 valence electrons. The van der Waals surface area contributed by atoms with Gasteiger partial charge in [0.05, 0.1) is 13.7 Å². The Labute approximate surface area is 95.8 Å². The molecule has 1 rings (SSSR count). The third-order valence-electron chi connectivity index (χ3n) is 2.09. The molecule has 1 N–H and O–H groups in total. The van der Waals surface area contributed by atoms with Gasteiger partial charge in [0.2, 0.25) is 5.91 Å². The van der Waals surface area contributed by atoms with Crippen molar-refractivity contribution in [1.29, 1.82) is 0 Å². The molecule has 1 aromatic rings. The monoisotopic (exact) mass is 217 g/mol. The molecule has 1 aromatic carbocycles. The van der Waals surface area contributed by atoms with E-state index in [1.165, 1.54) is 6.92 Å². The summed E-state index contributed by atoms with van der Waals surface area (Å²) >= 11 is 0. The first kappa shape index (κ1) is 12.1. The fourth-order valence-electron chi connectivity index (χ4n) is 1.17. The largest absolute Gasteiger partial charge is 0.497 e. The fourth-order valence-corrected chi connectivity index (χ4v) is 1.17. The number of hydrogen-bond donors (Lipinski definition) is 1. The molecule has 0 heterocycles. The number of amides is 1. The number of nitrogens with one attached hydrogen (secondary N) is 1. The highest BCUT2D eigenvalue weighted by Gasteiger charge is 1.96. The van der Waals surface area contributed by atoms with Crippen molar-refractivity contribution in [3.8, 4) is 17.6 Å². The molecule has 0 saturated heterocycles. The summed E-state index contributed by atoms with van der Waals surface area (Å²) in [6, 6.07) is 5.74. The second-order valence-corrected chi connectivity index (χ2v) is 3.39. The smallest absolute Gasteiger partial charge is 0.217 e. The molecule has 0 saturated carbocycles. The van der Waals surface area contributed by atoms with E-state index in [9.17, 15) is 4.79 Å². The van der Waals surface area contributed by atoms with Crippen molar-refractivity contribution in [3.63, 3.8) is 0 Å². The third kappa shape index (κ3) is 3.66. The van der Waals surface area contributed by atoms with Crippen LogP contribution < -0.4 is 10.1 Å². The maximum absolute atomic E-state index is 10.6. The first-order valence-electron chi connectivity index (χ1n) is 5.01. The lowest BCUT2D eigenvalue weighted by atomic mass is 10.1. The highest BCUT2D eigenvalue weighted by molar-refractivity contribution is 5.73. The van der Waals surface area contributed by atoms with Crippen LogP contribution in [0.15, 0.2) is 18.2 Å². The molecular formula is C13H15NO2. The average molecular weight is 217 g/mol. The Bertz CT molecular complexity index is 441. The molecular weight excluding hydrogens is 202 g/mol. The van der Waals surface area contributed by atoms with Crippen LogP contribution in [-0.2, 0) is 4.79 Å². The van der Waals surface area contributed by atoms with E-state index in [0.717, 1.165) is 16.9 Å². The van der Waals surface area contributed by atoms with E-state index < -0.39 is 0 Å². The van der Waals surface area contributed by atoms with E-state index >= 15 is 0 Å². The summed E-state index contributed by atoms with van der Waals surface area (Å²) in [5.41, 5.74) is 2.01. The normalized spacial score (nSPS) is 8.94. The molecule has 0 aliphatic heterocycles. The van der Waals surface area contributed by atoms with E-state index in [1.807, 2.05) is 25.1 Å². The molecule has 0 unspecified atom stereocenters. The summed E-state index contributed by atoms with van der Waals surface area (Å²) in [4.78, 5) is 10.6. The van der Waals surface area contributed by atoms with E-state index in [0.29, 0.717) is 6.54 Å². The number of ether oxygens (including phenoxy) is 1. The molecule has 3 nitrogen and oxygen atoms in total. The first-order chi connectivity index (χ1) is 7.63. The van der Waals surface area contributed by atoms with Crippen molar-refractivity contribution < 1.29 is 9.53 Å². The van der Waals surface area contributed by atoms with E-state index in [4.69, 9.17) is 4.74 Å². The van der Waals surface area contributed by atoms with Gasteiger partial charge in [-0.2, -0.15) is 0 Å². The van der Waals surface area contributed by atoms with Crippen LogP contribution in [0.3, 0.4) is 0 Å². The lowest BCUT2D eigenvalue weighted by Crippen LogP contribution is -2.19. The van der Waals surface area contributed by atoms with Crippen molar-refractivity contribution in [2.75, 3.05) is 13.7 Å². The van der Waals surface area contributed by atoms with Crippen LogP contribution in [0.5, 0.6) is 5.75 Å². The Morgan fingerprint density at radius 3 is 2.88 bits per heavy atom. The summed E-state index contributed by atoms with van der Waals surface area (Å²) in [6.45, 7) is 3.83. The molecule has 0 radical (unpaired) electrons. The number of methoxy groups -OCH3 is 1. The number of rotatable bonds is 2. The zero-order valence-corrected chi connectivity index (χ0v) is 9.76. The Balaban J connectivity index is 2.75. The van der Waals surface area contributed by atoms with Gasteiger partial charge in [0.15, 0.2) is 0 Å². The van der Waals surface area contributed by atoms with Crippen molar-refractivity contribution in [3.05, 3.63) is 29.3 Å². The van der Waals surface area contributed by atoms with Gasteiger partial charge in [0, 0.05) is 12.5 Å². The molecule has 0 aromatic heterocycles. The highest BCUT2D eigenvalue weighted by Crippen LogP contribution is 2.15. The van der Waals surface area contributed by atoms with Crippen LogP contribution in [-0.4, -0.2) is 19.6 Å². The molecule has 0 atom stereocenters. The van der Waals surface area contributed by atoms with Gasteiger partial charge < -0.3 is 10.1 Å². The van der Waals surface area contributed by atoms with E-state index in [1.54, 1.807) is 7.11 Å². The average Bonchev–Trinajstić information content (AvgIpc) is 2.26. The molecule has 0 bridgehead atoms.